The number of hydrogen-bond donors (Lipinski definition) is 2. The molecule has 3 fully saturated rings. The standard InChI is InChI=1S/C25H31N3O4/c1-17-20(10-7-13-26-17)32-21-15-31-22-19(14-30-23(21)22)28-24(29)27-16-25(11-5-6-12-25)18-8-3-2-4-9-18/h2-4,7-10,13,19,21-23H,5-6,11-12,14-16H2,1H3,(H2,27,28,29)/t19-,21-,22+,23+/m0/s1. The van der Waals surface area contributed by atoms with Crippen molar-refractivity contribution in [3.05, 3.63) is 59.9 Å². The van der Waals surface area contributed by atoms with Crippen LogP contribution in [0.2, 0.25) is 0 Å². The highest BCUT2D eigenvalue weighted by Crippen LogP contribution is 2.40. The fourth-order valence-corrected chi connectivity index (χ4v) is 5.33. The summed E-state index contributed by atoms with van der Waals surface area (Å²) in [5.74, 6) is 0.738. The Morgan fingerprint density at radius 2 is 1.88 bits per heavy atom. The molecule has 1 aromatic carbocycles. The van der Waals surface area contributed by atoms with Crippen LogP contribution in [0.4, 0.5) is 4.79 Å². The van der Waals surface area contributed by atoms with Crippen LogP contribution >= 0.6 is 0 Å². The van der Waals surface area contributed by atoms with E-state index in [9.17, 15) is 4.79 Å². The molecule has 0 spiro atoms. The molecule has 1 aromatic heterocycles. The molecule has 0 radical (unpaired) electrons. The number of nitrogens with one attached hydrogen (secondary N) is 2. The van der Waals surface area contributed by atoms with Crippen molar-refractivity contribution in [1.82, 2.24) is 15.6 Å². The minimum atomic E-state index is -0.211. The Morgan fingerprint density at radius 3 is 2.66 bits per heavy atom. The Hall–Kier alpha value is -2.64. The first kappa shape index (κ1) is 21.2. The van der Waals surface area contributed by atoms with Crippen molar-refractivity contribution in [2.75, 3.05) is 19.8 Å². The van der Waals surface area contributed by atoms with E-state index in [1.807, 2.05) is 25.1 Å². The van der Waals surface area contributed by atoms with Crippen LogP contribution in [0.15, 0.2) is 48.7 Å². The van der Waals surface area contributed by atoms with E-state index in [1.165, 1.54) is 18.4 Å². The number of carbonyl (C=O) groups is 1. The Kier molecular flexibility index (Phi) is 6.02. The maximum Gasteiger partial charge on any atom is 0.315 e. The van der Waals surface area contributed by atoms with Crippen molar-refractivity contribution in [3.63, 3.8) is 0 Å². The summed E-state index contributed by atoms with van der Waals surface area (Å²) in [6.45, 7) is 3.40. The van der Waals surface area contributed by atoms with Crippen molar-refractivity contribution in [2.45, 2.75) is 62.4 Å². The predicted octanol–water partition coefficient (Wildman–Crippen LogP) is 3.11. The Bertz CT molecular complexity index is 932. The summed E-state index contributed by atoms with van der Waals surface area (Å²) in [6, 6.07) is 13.9. The molecule has 7 nitrogen and oxygen atoms in total. The van der Waals surface area contributed by atoms with E-state index in [-0.39, 0.29) is 35.8 Å². The smallest absolute Gasteiger partial charge is 0.315 e. The van der Waals surface area contributed by atoms with E-state index >= 15 is 0 Å². The minimum Gasteiger partial charge on any atom is -0.483 e. The van der Waals surface area contributed by atoms with Gasteiger partial charge in [0.25, 0.3) is 0 Å². The molecule has 2 aliphatic heterocycles. The predicted molar refractivity (Wildman–Crippen MR) is 120 cm³/mol. The van der Waals surface area contributed by atoms with Gasteiger partial charge in [-0.05, 0) is 37.5 Å². The lowest BCUT2D eigenvalue weighted by molar-refractivity contribution is 0.0299. The number of urea groups is 1. The molecule has 4 atom stereocenters. The van der Waals surface area contributed by atoms with Crippen LogP contribution in [0.5, 0.6) is 5.75 Å². The summed E-state index contributed by atoms with van der Waals surface area (Å²) < 4.78 is 18.0. The third kappa shape index (κ3) is 4.19. The van der Waals surface area contributed by atoms with Crippen LogP contribution in [-0.2, 0) is 14.9 Å². The molecule has 0 unspecified atom stereocenters. The number of fused-ring (bicyclic) bond motifs is 1. The summed E-state index contributed by atoms with van der Waals surface area (Å²) >= 11 is 0. The van der Waals surface area contributed by atoms with Gasteiger partial charge in [0.05, 0.1) is 24.9 Å². The largest absolute Gasteiger partial charge is 0.483 e. The number of hydrogen-bond acceptors (Lipinski definition) is 5. The average Bonchev–Trinajstić information content (AvgIpc) is 3.54. The van der Waals surface area contributed by atoms with Crippen LogP contribution in [0.1, 0.15) is 36.9 Å². The number of aromatic nitrogens is 1. The number of benzene rings is 1. The van der Waals surface area contributed by atoms with E-state index in [1.54, 1.807) is 6.20 Å². The van der Waals surface area contributed by atoms with Gasteiger partial charge in [-0.25, -0.2) is 4.79 Å². The van der Waals surface area contributed by atoms with Gasteiger partial charge in [-0.2, -0.15) is 0 Å². The molecule has 2 saturated heterocycles. The fraction of sp³-hybridized carbons (Fsp3) is 0.520. The van der Waals surface area contributed by atoms with Gasteiger partial charge in [-0.15, -0.1) is 0 Å². The molecule has 2 amide bonds. The van der Waals surface area contributed by atoms with Crippen LogP contribution in [0.25, 0.3) is 0 Å². The van der Waals surface area contributed by atoms with Crippen molar-refractivity contribution in [1.29, 1.82) is 0 Å². The maximum atomic E-state index is 12.8. The summed E-state index contributed by atoms with van der Waals surface area (Å²) in [7, 11) is 0. The van der Waals surface area contributed by atoms with Crippen molar-refractivity contribution >= 4 is 6.03 Å². The van der Waals surface area contributed by atoms with Crippen molar-refractivity contribution < 1.29 is 19.0 Å². The Labute approximate surface area is 188 Å². The zero-order chi connectivity index (χ0) is 22.0. The number of pyridine rings is 1. The molecule has 7 heteroatoms. The molecular formula is C25H31N3O4. The van der Waals surface area contributed by atoms with Gasteiger partial charge < -0.3 is 24.8 Å². The summed E-state index contributed by atoms with van der Waals surface area (Å²) in [6.07, 6.45) is 5.72. The van der Waals surface area contributed by atoms with E-state index in [4.69, 9.17) is 14.2 Å². The van der Waals surface area contributed by atoms with Crippen LogP contribution in [-0.4, -0.2) is 55.1 Å². The normalized spacial score (nSPS) is 28.3. The Morgan fingerprint density at radius 1 is 1.09 bits per heavy atom. The molecule has 5 rings (SSSR count). The summed E-state index contributed by atoms with van der Waals surface area (Å²) in [5.41, 5.74) is 2.17. The second-order valence-electron chi connectivity index (χ2n) is 9.13. The molecule has 3 heterocycles. The van der Waals surface area contributed by atoms with Crippen LogP contribution in [0, 0.1) is 6.92 Å². The van der Waals surface area contributed by atoms with E-state index < -0.39 is 0 Å². The molecule has 3 aliphatic rings. The molecule has 170 valence electrons. The van der Waals surface area contributed by atoms with Crippen molar-refractivity contribution in [2.24, 2.45) is 0 Å². The molecule has 32 heavy (non-hydrogen) atoms. The van der Waals surface area contributed by atoms with Gasteiger partial charge >= 0.3 is 6.03 Å². The zero-order valence-electron chi connectivity index (χ0n) is 18.5. The maximum absolute atomic E-state index is 12.8. The van der Waals surface area contributed by atoms with E-state index in [0.717, 1.165) is 24.3 Å². The topological polar surface area (TPSA) is 81.7 Å². The molecule has 2 aromatic rings. The number of nitrogens with zero attached hydrogens (tertiary/aromatic N) is 1. The lowest BCUT2D eigenvalue weighted by atomic mass is 9.79. The number of ether oxygens (including phenoxy) is 3. The quantitative estimate of drug-likeness (QED) is 0.726. The highest BCUT2D eigenvalue weighted by molar-refractivity contribution is 5.74. The lowest BCUT2D eigenvalue weighted by Crippen LogP contribution is -2.50. The van der Waals surface area contributed by atoms with Crippen LogP contribution in [0.3, 0.4) is 0 Å². The molecule has 1 saturated carbocycles. The highest BCUT2D eigenvalue weighted by atomic mass is 16.6. The van der Waals surface area contributed by atoms with Gasteiger partial charge in [0.15, 0.2) is 6.10 Å². The van der Waals surface area contributed by atoms with Gasteiger partial charge in [0.1, 0.15) is 18.0 Å². The number of aryl methyl sites for hydroxylation is 1. The van der Waals surface area contributed by atoms with E-state index in [0.29, 0.717) is 19.8 Å². The first-order valence-electron chi connectivity index (χ1n) is 11.6. The fourth-order valence-electron chi connectivity index (χ4n) is 5.33. The monoisotopic (exact) mass is 437 g/mol. The minimum absolute atomic E-state index is 0.0255. The average molecular weight is 438 g/mol. The molecule has 0 bridgehead atoms. The highest BCUT2D eigenvalue weighted by Gasteiger charge is 2.49. The molecular weight excluding hydrogens is 406 g/mol. The first-order chi connectivity index (χ1) is 15.6. The molecule has 2 N–H and O–H groups in total. The van der Waals surface area contributed by atoms with Gasteiger partial charge in [-0.3, -0.25) is 4.98 Å². The van der Waals surface area contributed by atoms with Crippen molar-refractivity contribution in [3.8, 4) is 5.75 Å². The number of carbonyl (C=O) groups excluding carboxylic acids is 1. The van der Waals surface area contributed by atoms with E-state index in [2.05, 4.69) is 39.9 Å². The third-order valence-corrected chi connectivity index (χ3v) is 7.10. The lowest BCUT2D eigenvalue weighted by Gasteiger charge is -2.30. The van der Waals surface area contributed by atoms with Gasteiger partial charge in [0.2, 0.25) is 0 Å². The third-order valence-electron chi connectivity index (χ3n) is 7.10. The SMILES string of the molecule is Cc1ncccc1O[C@H]1CO[C@H]2[C@@H]1OC[C@@H]2NC(=O)NCC1(c2ccccc2)CCCC1. The second-order valence-corrected chi connectivity index (χ2v) is 9.13. The number of rotatable bonds is 6. The summed E-state index contributed by atoms with van der Waals surface area (Å²) in [5, 5.41) is 6.20. The Balaban J connectivity index is 1.16. The van der Waals surface area contributed by atoms with Gasteiger partial charge in [0, 0.05) is 18.2 Å². The number of amides is 2. The van der Waals surface area contributed by atoms with Gasteiger partial charge in [-0.1, -0.05) is 43.2 Å². The second kappa shape index (κ2) is 9.08. The zero-order valence-corrected chi connectivity index (χ0v) is 18.5. The summed E-state index contributed by atoms with van der Waals surface area (Å²) in [4.78, 5) is 17.0. The first-order valence-corrected chi connectivity index (χ1v) is 11.6. The molecule has 1 aliphatic carbocycles. The van der Waals surface area contributed by atoms with Crippen LogP contribution < -0.4 is 15.4 Å².